The van der Waals surface area contributed by atoms with Crippen molar-refractivity contribution in [1.29, 1.82) is 0 Å². The van der Waals surface area contributed by atoms with Crippen molar-refractivity contribution in [1.82, 2.24) is 5.32 Å². The molecule has 1 amide bonds. The molecule has 0 unspecified atom stereocenters. The Kier molecular flexibility index (Phi) is 5.93. The molecule has 4 nitrogen and oxygen atoms in total. The lowest BCUT2D eigenvalue weighted by Gasteiger charge is -2.18. The van der Waals surface area contributed by atoms with Crippen LogP contribution in [0.15, 0.2) is 41.8 Å². The zero-order valence-corrected chi connectivity index (χ0v) is 14.4. The van der Waals surface area contributed by atoms with Gasteiger partial charge < -0.3 is 10.1 Å². The van der Waals surface area contributed by atoms with Gasteiger partial charge in [-0.15, -0.1) is 11.3 Å². The maximum absolute atomic E-state index is 12.5. The van der Waals surface area contributed by atoms with Gasteiger partial charge in [0.2, 0.25) is 0 Å². The Labute approximate surface area is 140 Å². The molecule has 1 heterocycles. The summed E-state index contributed by atoms with van der Waals surface area (Å²) in [7, 11) is 1.33. The standard InChI is InChI=1S/C18H21NO3S/c1-12(2)10-15(18(21)22-3)19-17(20)14-7-4-6-13(11-14)16-8-5-9-23-16/h4-9,11-12,15H,10H2,1-3H3,(H,19,20)/t15-/m1/s1. The number of esters is 1. The van der Waals surface area contributed by atoms with Crippen LogP contribution < -0.4 is 5.32 Å². The number of hydrogen-bond acceptors (Lipinski definition) is 4. The fourth-order valence-electron chi connectivity index (χ4n) is 2.33. The number of thiophene rings is 1. The minimum atomic E-state index is -0.627. The normalized spacial score (nSPS) is 12.0. The molecule has 2 aromatic rings. The van der Waals surface area contributed by atoms with Gasteiger partial charge in [-0.1, -0.05) is 32.0 Å². The van der Waals surface area contributed by atoms with Gasteiger partial charge in [0.1, 0.15) is 6.04 Å². The summed E-state index contributed by atoms with van der Waals surface area (Å²) in [5.41, 5.74) is 1.53. The lowest BCUT2D eigenvalue weighted by molar-refractivity contribution is -0.143. The number of rotatable bonds is 6. The van der Waals surface area contributed by atoms with Crippen LogP contribution in [0.4, 0.5) is 0 Å². The molecule has 0 fully saturated rings. The molecule has 1 N–H and O–H groups in total. The highest BCUT2D eigenvalue weighted by atomic mass is 32.1. The molecule has 0 radical (unpaired) electrons. The summed E-state index contributed by atoms with van der Waals surface area (Å²) in [6.07, 6.45) is 0.545. The van der Waals surface area contributed by atoms with Crippen LogP contribution in [-0.2, 0) is 9.53 Å². The molecular formula is C18H21NO3S. The maximum atomic E-state index is 12.5. The van der Waals surface area contributed by atoms with Crippen molar-refractivity contribution in [3.05, 3.63) is 47.3 Å². The number of nitrogens with one attached hydrogen (secondary N) is 1. The second-order valence-electron chi connectivity index (χ2n) is 5.74. The Morgan fingerprint density at radius 2 is 2.00 bits per heavy atom. The van der Waals surface area contributed by atoms with E-state index in [0.717, 1.165) is 10.4 Å². The molecule has 0 bridgehead atoms. The van der Waals surface area contributed by atoms with E-state index in [1.54, 1.807) is 17.4 Å². The summed E-state index contributed by atoms with van der Waals surface area (Å²) in [5.74, 6) is -0.405. The van der Waals surface area contributed by atoms with Crippen molar-refractivity contribution in [2.24, 2.45) is 5.92 Å². The molecule has 122 valence electrons. The Balaban J connectivity index is 2.16. The van der Waals surface area contributed by atoms with Crippen molar-refractivity contribution in [2.75, 3.05) is 7.11 Å². The summed E-state index contributed by atoms with van der Waals surface area (Å²) in [5, 5.41) is 4.78. The van der Waals surface area contributed by atoms with Crippen LogP contribution in [0.3, 0.4) is 0 Å². The van der Waals surface area contributed by atoms with Crippen molar-refractivity contribution >= 4 is 23.2 Å². The molecule has 0 saturated heterocycles. The Morgan fingerprint density at radius 1 is 1.22 bits per heavy atom. The van der Waals surface area contributed by atoms with Gasteiger partial charge in [-0.25, -0.2) is 4.79 Å². The van der Waals surface area contributed by atoms with Crippen LogP contribution in [-0.4, -0.2) is 25.0 Å². The Morgan fingerprint density at radius 3 is 2.61 bits per heavy atom. The number of hydrogen-bond donors (Lipinski definition) is 1. The average molecular weight is 331 g/mol. The van der Waals surface area contributed by atoms with E-state index < -0.39 is 12.0 Å². The smallest absolute Gasteiger partial charge is 0.328 e. The van der Waals surface area contributed by atoms with Gasteiger partial charge in [-0.2, -0.15) is 0 Å². The number of carbonyl (C=O) groups is 2. The number of amides is 1. The molecule has 0 aliphatic carbocycles. The van der Waals surface area contributed by atoms with Gasteiger partial charge in [-0.05, 0) is 41.5 Å². The summed E-state index contributed by atoms with van der Waals surface area (Å²) in [4.78, 5) is 25.4. The van der Waals surface area contributed by atoms with E-state index in [0.29, 0.717) is 12.0 Å². The van der Waals surface area contributed by atoms with Crippen LogP contribution in [0.5, 0.6) is 0 Å². The molecule has 0 aliphatic rings. The van der Waals surface area contributed by atoms with Gasteiger partial charge in [0.15, 0.2) is 0 Å². The molecule has 1 aromatic heterocycles. The summed E-state index contributed by atoms with van der Waals surface area (Å²) in [6.45, 7) is 4.00. The molecule has 0 saturated carbocycles. The number of carbonyl (C=O) groups excluding carboxylic acids is 2. The first-order chi connectivity index (χ1) is 11.0. The van der Waals surface area contributed by atoms with E-state index in [9.17, 15) is 9.59 Å². The minimum Gasteiger partial charge on any atom is -0.467 e. The third-order valence-electron chi connectivity index (χ3n) is 3.43. The molecule has 5 heteroatoms. The third kappa shape index (κ3) is 4.66. The predicted molar refractivity (Wildman–Crippen MR) is 92.5 cm³/mol. The van der Waals surface area contributed by atoms with Crippen LogP contribution in [0.1, 0.15) is 30.6 Å². The zero-order chi connectivity index (χ0) is 16.8. The maximum Gasteiger partial charge on any atom is 0.328 e. The Bertz CT molecular complexity index is 665. The van der Waals surface area contributed by atoms with Crippen molar-refractivity contribution in [3.8, 4) is 10.4 Å². The molecule has 2 rings (SSSR count). The first-order valence-corrected chi connectivity index (χ1v) is 8.42. The van der Waals surface area contributed by atoms with E-state index in [4.69, 9.17) is 4.74 Å². The van der Waals surface area contributed by atoms with Gasteiger partial charge in [0.25, 0.3) is 5.91 Å². The number of ether oxygens (including phenoxy) is 1. The lowest BCUT2D eigenvalue weighted by Crippen LogP contribution is -2.42. The largest absolute Gasteiger partial charge is 0.467 e. The van der Waals surface area contributed by atoms with E-state index in [1.807, 2.05) is 49.6 Å². The molecule has 1 atom stereocenters. The van der Waals surface area contributed by atoms with Crippen LogP contribution in [0.25, 0.3) is 10.4 Å². The molecular weight excluding hydrogens is 310 g/mol. The van der Waals surface area contributed by atoms with Crippen molar-refractivity contribution < 1.29 is 14.3 Å². The lowest BCUT2D eigenvalue weighted by atomic mass is 10.0. The highest BCUT2D eigenvalue weighted by molar-refractivity contribution is 7.13. The fraction of sp³-hybridized carbons (Fsp3) is 0.333. The average Bonchev–Trinajstić information content (AvgIpc) is 3.07. The van der Waals surface area contributed by atoms with E-state index >= 15 is 0 Å². The third-order valence-corrected chi connectivity index (χ3v) is 4.35. The monoisotopic (exact) mass is 331 g/mol. The second kappa shape index (κ2) is 7.92. The first kappa shape index (κ1) is 17.2. The first-order valence-electron chi connectivity index (χ1n) is 7.54. The van der Waals surface area contributed by atoms with E-state index in [1.165, 1.54) is 7.11 Å². The predicted octanol–water partition coefficient (Wildman–Crippen LogP) is 3.73. The molecule has 0 aliphatic heterocycles. The number of benzene rings is 1. The minimum absolute atomic E-state index is 0.264. The van der Waals surface area contributed by atoms with E-state index in [2.05, 4.69) is 5.32 Å². The van der Waals surface area contributed by atoms with E-state index in [-0.39, 0.29) is 11.8 Å². The van der Waals surface area contributed by atoms with Gasteiger partial charge >= 0.3 is 5.97 Å². The van der Waals surface area contributed by atoms with Crippen LogP contribution in [0.2, 0.25) is 0 Å². The highest BCUT2D eigenvalue weighted by Gasteiger charge is 2.23. The van der Waals surface area contributed by atoms with Crippen molar-refractivity contribution in [2.45, 2.75) is 26.3 Å². The SMILES string of the molecule is COC(=O)[C@@H](CC(C)C)NC(=O)c1cccc(-c2cccs2)c1. The molecule has 0 spiro atoms. The van der Waals surface area contributed by atoms with Gasteiger partial charge in [0.05, 0.1) is 7.11 Å². The fourth-order valence-corrected chi connectivity index (χ4v) is 3.05. The summed E-state index contributed by atoms with van der Waals surface area (Å²) < 4.78 is 4.78. The quantitative estimate of drug-likeness (QED) is 0.821. The van der Waals surface area contributed by atoms with Crippen LogP contribution >= 0.6 is 11.3 Å². The highest BCUT2D eigenvalue weighted by Crippen LogP contribution is 2.25. The molecule has 1 aromatic carbocycles. The zero-order valence-electron chi connectivity index (χ0n) is 13.5. The second-order valence-corrected chi connectivity index (χ2v) is 6.68. The Hall–Kier alpha value is -2.14. The van der Waals surface area contributed by atoms with Crippen molar-refractivity contribution in [3.63, 3.8) is 0 Å². The topological polar surface area (TPSA) is 55.4 Å². The summed E-state index contributed by atoms with van der Waals surface area (Å²) >= 11 is 1.62. The molecule has 23 heavy (non-hydrogen) atoms. The van der Waals surface area contributed by atoms with Gasteiger partial charge in [-0.3, -0.25) is 4.79 Å². The van der Waals surface area contributed by atoms with Crippen LogP contribution in [0, 0.1) is 5.92 Å². The van der Waals surface area contributed by atoms with Gasteiger partial charge in [0, 0.05) is 10.4 Å². The number of methoxy groups -OCH3 is 1. The summed E-state index contributed by atoms with van der Waals surface area (Å²) in [6, 6.07) is 10.8.